The van der Waals surface area contributed by atoms with Crippen LogP contribution in [0, 0.1) is 0 Å². The summed E-state index contributed by atoms with van der Waals surface area (Å²) in [6, 6.07) is 0. The minimum absolute atomic E-state index is 0.000239. The quantitative estimate of drug-likeness (QED) is 0.801. The first-order valence-corrected chi connectivity index (χ1v) is 8.48. The molecule has 0 bridgehead atoms. The lowest BCUT2D eigenvalue weighted by atomic mass is 10.1. The van der Waals surface area contributed by atoms with Gasteiger partial charge in [0.2, 0.25) is 0 Å². The Morgan fingerprint density at radius 1 is 0.739 bits per heavy atom. The zero-order chi connectivity index (χ0) is 16.2. The number of fused-ring (bicyclic) bond motifs is 2. The molecule has 0 aliphatic carbocycles. The second-order valence-corrected chi connectivity index (χ2v) is 7.68. The van der Waals surface area contributed by atoms with E-state index in [4.69, 9.17) is 28.4 Å². The topological polar surface area (TPSA) is 67.4 Å². The van der Waals surface area contributed by atoms with Crippen LogP contribution in [0.4, 0.5) is 0 Å². The number of ether oxygens (including phenoxy) is 6. The van der Waals surface area contributed by atoms with Gasteiger partial charge in [-0.3, -0.25) is 0 Å². The fourth-order valence-corrected chi connectivity index (χ4v) is 3.96. The molecule has 0 aromatic heterocycles. The zero-order valence-electron chi connectivity index (χ0n) is 14.2. The first-order chi connectivity index (χ1) is 10.8. The van der Waals surface area contributed by atoms with E-state index >= 15 is 0 Å². The van der Waals surface area contributed by atoms with Gasteiger partial charge >= 0.3 is 0 Å². The van der Waals surface area contributed by atoms with E-state index in [1.807, 2.05) is 27.7 Å². The number of hydrogen-bond acceptors (Lipinski definition) is 7. The van der Waals surface area contributed by atoms with Gasteiger partial charge in [-0.15, -0.1) is 0 Å². The molecular formula is C16H27NO6. The highest BCUT2D eigenvalue weighted by molar-refractivity contribution is 4.95. The zero-order valence-corrected chi connectivity index (χ0v) is 14.2. The van der Waals surface area contributed by atoms with Gasteiger partial charge in [-0.1, -0.05) is 0 Å². The van der Waals surface area contributed by atoms with Crippen LogP contribution in [0.2, 0.25) is 0 Å². The fourth-order valence-electron chi connectivity index (χ4n) is 3.96. The summed E-state index contributed by atoms with van der Waals surface area (Å²) in [5.74, 6) is -1.03. The molecule has 0 aromatic carbocycles. The second kappa shape index (κ2) is 5.62. The molecular weight excluding hydrogens is 302 g/mol. The van der Waals surface area contributed by atoms with Gasteiger partial charge < -0.3 is 33.7 Å². The highest BCUT2D eigenvalue weighted by atomic mass is 16.8. The molecule has 6 atom stereocenters. The van der Waals surface area contributed by atoms with Crippen molar-refractivity contribution < 1.29 is 28.4 Å². The molecule has 7 heteroatoms. The molecule has 0 radical (unpaired) electrons. The molecule has 23 heavy (non-hydrogen) atoms. The van der Waals surface area contributed by atoms with E-state index in [-0.39, 0.29) is 36.6 Å². The van der Waals surface area contributed by atoms with Crippen LogP contribution < -0.4 is 5.32 Å². The molecule has 0 spiro atoms. The van der Waals surface area contributed by atoms with Crippen LogP contribution in [0.25, 0.3) is 0 Å². The molecule has 0 aromatic rings. The van der Waals surface area contributed by atoms with Crippen molar-refractivity contribution in [2.45, 2.75) is 75.9 Å². The second-order valence-electron chi connectivity index (χ2n) is 7.68. The smallest absolute Gasteiger partial charge is 0.164 e. The SMILES string of the molecule is CC1(C)O[C@@H]2[C@@H](CNC[C@@H]3OC[C@H]4OC(C)(C)O[C@@H]34)OC[C@H]2O1. The summed E-state index contributed by atoms with van der Waals surface area (Å²) in [6.07, 6.45) is 0.0966. The lowest BCUT2D eigenvalue weighted by Gasteiger charge is -2.24. The highest BCUT2D eigenvalue weighted by Crippen LogP contribution is 2.36. The van der Waals surface area contributed by atoms with Crippen molar-refractivity contribution in [3.05, 3.63) is 0 Å². The van der Waals surface area contributed by atoms with E-state index in [9.17, 15) is 0 Å². The predicted octanol–water partition coefficient (Wildman–Crippen LogP) is 0.414. The molecule has 4 aliphatic rings. The first-order valence-electron chi connectivity index (χ1n) is 8.48. The molecule has 0 unspecified atom stereocenters. The van der Waals surface area contributed by atoms with Gasteiger partial charge in [0.1, 0.15) is 24.4 Å². The Kier molecular flexibility index (Phi) is 3.96. The summed E-state index contributed by atoms with van der Waals surface area (Å²) < 4.78 is 35.1. The molecule has 4 heterocycles. The third-order valence-corrected chi connectivity index (χ3v) is 4.82. The van der Waals surface area contributed by atoms with E-state index in [0.717, 1.165) is 0 Å². The largest absolute Gasteiger partial charge is 0.371 e. The lowest BCUT2D eigenvalue weighted by molar-refractivity contribution is -0.176. The van der Waals surface area contributed by atoms with Crippen molar-refractivity contribution >= 4 is 0 Å². The van der Waals surface area contributed by atoms with Gasteiger partial charge in [-0.2, -0.15) is 0 Å². The van der Waals surface area contributed by atoms with Gasteiger partial charge in [0.25, 0.3) is 0 Å². The Morgan fingerprint density at radius 2 is 1.17 bits per heavy atom. The van der Waals surface area contributed by atoms with E-state index in [2.05, 4.69) is 5.32 Å². The van der Waals surface area contributed by atoms with E-state index in [0.29, 0.717) is 26.3 Å². The molecule has 4 saturated heterocycles. The third kappa shape index (κ3) is 3.16. The minimum atomic E-state index is -0.514. The maximum atomic E-state index is 5.94. The predicted molar refractivity (Wildman–Crippen MR) is 80.0 cm³/mol. The summed E-state index contributed by atoms with van der Waals surface area (Å²) in [5.41, 5.74) is 0. The van der Waals surface area contributed by atoms with Crippen molar-refractivity contribution in [2.75, 3.05) is 26.3 Å². The van der Waals surface area contributed by atoms with Crippen LogP contribution in [0.15, 0.2) is 0 Å². The van der Waals surface area contributed by atoms with Crippen molar-refractivity contribution in [1.82, 2.24) is 5.32 Å². The molecule has 1 N–H and O–H groups in total. The minimum Gasteiger partial charge on any atom is -0.371 e. The standard InChI is InChI=1S/C16H27NO6/c1-15(2)20-11-7-18-9(13(11)22-15)5-17-6-10-14-12(8-19-10)21-16(3,4)23-14/h9-14,17H,5-8H2,1-4H3/t9-,10+,11-,12-,13-,14+/m1/s1. The summed E-state index contributed by atoms with van der Waals surface area (Å²) in [5, 5.41) is 3.43. The molecule has 0 saturated carbocycles. The van der Waals surface area contributed by atoms with Crippen molar-refractivity contribution in [2.24, 2.45) is 0 Å². The lowest BCUT2D eigenvalue weighted by Crippen LogP contribution is -2.43. The van der Waals surface area contributed by atoms with Crippen LogP contribution in [-0.4, -0.2) is 74.5 Å². The summed E-state index contributed by atoms with van der Waals surface area (Å²) >= 11 is 0. The molecule has 4 rings (SSSR count). The van der Waals surface area contributed by atoms with Gasteiger partial charge in [-0.25, -0.2) is 0 Å². The number of rotatable bonds is 4. The Morgan fingerprint density at radius 3 is 1.61 bits per heavy atom. The van der Waals surface area contributed by atoms with Crippen molar-refractivity contribution in [1.29, 1.82) is 0 Å². The average Bonchev–Trinajstić information content (AvgIpc) is 3.11. The normalized spacial score (nSPS) is 47.0. The Hall–Kier alpha value is -0.280. The van der Waals surface area contributed by atoms with Crippen LogP contribution in [0.1, 0.15) is 27.7 Å². The molecule has 4 aliphatic heterocycles. The van der Waals surface area contributed by atoms with Crippen LogP contribution >= 0.6 is 0 Å². The van der Waals surface area contributed by atoms with Crippen LogP contribution in [0.3, 0.4) is 0 Å². The Bertz CT molecular complexity index is 416. The monoisotopic (exact) mass is 329 g/mol. The van der Waals surface area contributed by atoms with Crippen molar-refractivity contribution in [3.63, 3.8) is 0 Å². The van der Waals surface area contributed by atoms with E-state index in [1.165, 1.54) is 0 Å². The summed E-state index contributed by atoms with van der Waals surface area (Å²) in [7, 11) is 0. The van der Waals surface area contributed by atoms with E-state index in [1.54, 1.807) is 0 Å². The van der Waals surface area contributed by atoms with Crippen LogP contribution in [0.5, 0.6) is 0 Å². The Balaban J connectivity index is 1.25. The maximum Gasteiger partial charge on any atom is 0.164 e. The van der Waals surface area contributed by atoms with Gasteiger partial charge in [0.15, 0.2) is 11.6 Å². The number of nitrogens with one attached hydrogen (secondary N) is 1. The fraction of sp³-hybridized carbons (Fsp3) is 1.00. The highest BCUT2D eigenvalue weighted by Gasteiger charge is 2.51. The van der Waals surface area contributed by atoms with Crippen molar-refractivity contribution in [3.8, 4) is 0 Å². The molecule has 132 valence electrons. The van der Waals surface area contributed by atoms with Crippen LogP contribution in [-0.2, 0) is 28.4 Å². The maximum absolute atomic E-state index is 5.94. The number of hydrogen-bond donors (Lipinski definition) is 1. The third-order valence-electron chi connectivity index (χ3n) is 4.82. The molecule has 4 fully saturated rings. The average molecular weight is 329 g/mol. The summed E-state index contributed by atoms with van der Waals surface area (Å²) in [4.78, 5) is 0. The first kappa shape index (κ1) is 16.2. The molecule has 7 nitrogen and oxygen atoms in total. The van der Waals surface area contributed by atoms with Gasteiger partial charge in [-0.05, 0) is 27.7 Å². The Labute approximate surface area is 136 Å². The molecule has 0 amide bonds. The summed E-state index contributed by atoms with van der Waals surface area (Å²) in [6.45, 7) is 10.4. The van der Waals surface area contributed by atoms with Gasteiger partial charge in [0, 0.05) is 13.1 Å². The van der Waals surface area contributed by atoms with E-state index < -0.39 is 11.6 Å². The van der Waals surface area contributed by atoms with Gasteiger partial charge in [0.05, 0.1) is 25.4 Å².